The largest absolute Gasteiger partial charge is 0.467 e. The lowest BCUT2D eigenvalue weighted by Crippen LogP contribution is -2.45. The second-order valence-electron chi connectivity index (χ2n) is 7.55. The van der Waals surface area contributed by atoms with Crippen molar-refractivity contribution in [2.45, 2.75) is 26.8 Å². The van der Waals surface area contributed by atoms with E-state index in [1.165, 1.54) is 7.11 Å². The van der Waals surface area contributed by atoms with Crippen molar-refractivity contribution in [1.29, 1.82) is 0 Å². The van der Waals surface area contributed by atoms with Gasteiger partial charge >= 0.3 is 5.97 Å². The third-order valence-corrected chi connectivity index (χ3v) is 5.79. The fourth-order valence-electron chi connectivity index (χ4n) is 3.32. The fraction of sp³-hybridized carbons (Fsp3) is 0.261. The Hall–Kier alpha value is -2.54. The summed E-state index contributed by atoms with van der Waals surface area (Å²) in [4.78, 5) is 25.3. The predicted octanol–water partition coefficient (Wildman–Crippen LogP) is 5.74. The average Bonchev–Trinajstić information content (AvgIpc) is 3.08. The molecule has 1 aromatic heterocycles. The van der Waals surface area contributed by atoms with E-state index in [9.17, 15) is 9.59 Å². The Kier molecular flexibility index (Phi) is 7.49. The van der Waals surface area contributed by atoms with Crippen LogP contribution in [0.3, 0.4) is 0 Å². The van der Waals surface area contributed by atoms with E-state index >= 15 is 0 Å². The van der Waals surface area contributed by atoms with Crippen molar-refractivity contribution < 1.29 is 14.3 Å². The lowest BCUT2D eigenvalue weighted by atomic mass is 10.0. The lowest BCUT2D eigenvalue weighted by Gasteiger charge is -2.19. The third kappa shape index (κ3) is 4.93. The van der Waals surface area contributed by atoms with E-state index < -0.39 is 17.9 Å². The maximum absolute atomic E-state index is 13.2. The van der Waals surface area contributed by atoms with Gasteiger partial charge in [0.25, 0.3) is 5.91 Å². The van der Waals surface area contributed by atoms with Crippen LogP contribution in [0.25, 0.3) is 16.9 Å². The number of benzene rings is 2. The summed E-state index contributed by atoms with van der Waals surface area (Å²) in [6.45, 7) is 5.43. The molecule has 0 saturated carbocycles. The van der Waals surface area contributed by atoms with E-state index in [1.807, 2.05) is 26.0 Å². The zero-order valence-corrected chi connectivity index (χ0v) is 20.2. The number of esters is 1. The highest BCUT2D eigenvalue weighted by Crippen LogP contribution is 2.33. The van der Waals surface area contributed by atoms with E-state index in [4.69, 9.17) is 39.5 Å². The summed E-state index contributed by atoms with van der Waals surface area (Å²) in [6.07, 6.45) is 0. The van der Waals surface area contributed by atoms with Crippen molar-refractivity contribution in [1.82, 2.24) is 15.1 Å². The minimum atomic E-state index is -0.810. The molecule has 9 heteroatoms. The van der Waals surface area contributed by atoms with E-state index in [1.54, 1.807) is 41.9 Å². The first kappa shape index (κ1) is 24.1. The summed E-state index contributed by atoms with van der Waals surface area (Å²) < 4.78 is 6.42. The summed E-state index contributed by atoms with van der Waals surface area (Å²) in [7, 11) is 1.28. The third-order valence-electron chi connectivity index (χ3n) is 5.00. The monoisotopic (exact) mass is 493 g/mol. The van der Waals surface area contributed by atoms with Crippen molar-refractivity contribution in [2.75, 3.05) is 7.11 Å². The Labute approximate surface area is 201 Å². The topological polar surface area (TPSA) is 73.2 Å². The van der Waals surface area contributed by atoms with Crippen molar-refractivity contribution in [2.24, 2.45) is 5.92 Å². The number of carbonyl (C=O) groups is 2. The summed E-state index contributed by atoms with van der Waals surface area (Å²) in [5, 5.41) is 8.73. The Morgan fingerprint density at radius 3 is 2.22 bits per heavy atom. The molecular formula is C23H22Cl3N3O3. The molecule has 3 aromatic rings. The molecule has 6 nitrogen and oxygen atoms in total. The molecule has 0 radical (unpaired) electrons. The molecule has 0 saturated heterocycles. The molecule has 3 rings (SSSR count). The Morgan fingerprint density at radius 1 is 1.03 bits per heavy atom. The molecule has 168 valence electrons. The van der Waals surface area contributed by atoms with Gasteiger partial charge in [-0.1, -0.05) is 60.8 Å². The van der Waals surface area contributed by atoms with Crippen LogP contribution in [0, 0.1) is 12.8 Å². The van der Waals surface area contributed by atoms with Gasteiger partial charge in [0, 0.05) is 21.2 Å². The van der Waals surface area contributed by atoms with Crippen LogP contribution in [-0.4, -0.2) is 34.8 Å². The molecule has 0 aliphatic heterocycles. The minimum Gasteiger partial charge on any atom is -0.467 e. The highest BCUT2D eigenvalue weighted by atomic mass is 35.5. The number of carbonyl (C=O) groups excluding carboxylic acids is 2. The normalized spacial score (nSPS) is 12.0. The molecule has 0 bridgehead atoms. The zero-order valence-electron chi connectivity index (χ0n) is 17.9. The standard InChI is InChI=1S/C23H22Cl3N3O3/c1-12(2)19(23(31)32-4)27-22(30)20-13(3)21(14-5-7-15(24)8-6-14)29(28-20)18-10-9-16(25)11-17(18)26/h5-12,19H,1-4H3,(H,27,30)/t19-/m0/s1. The van der Waals surface area contributed by atoms with Crippen LogP contribution >= 0.6 is 34.8 Å². The number of rotatable bonds is 6. The van der Waals surface area contributed by atoms with Crippen LogP contribution in [0.2, 0.25) is 15.1 Å². The number of nitrogens with one attached hydrogen (secondary N) is 1. The van der Waals surface area contributed by atoms with Gasteiger partial charge in [-0.05, 0) is 43.2 Å². The van der Waals surface area contributed by atoms with Crippen molar-refractivity contribution >= 4 is 46.7 Å². The van der Waals surface area contributed by atoms with Crippen LogP contribution in [0.5, 0.6) is 0 Å². The van der Waals surface area contributed by atoms with Crippen molar-refractivity contribution in [3.63, 3.8) is 0 Å². The lowest BCUT2D eigenvalue weighted by molar-refractivity contribution is -0.144. The molecule has 2 aromatic carbocycles. The number of nitrogens with zero attached hydrogens (tertiary/aromatic N) is 2. The molecular weight excluding hydrogens is 473 g/mol. The first-order valence-electron chi connectivity index (χ1n) is 9.83. The number of aromatic nitrogens is 2. The molecule has 32 heavy (non-hydrogen) atoms. The van der Waals surface area contributed by atoms with Crippen LogP contribution in [0.15, 0.2) is 42.5 Å². The molecule has 1 atom stereocenters. The van der Waals surface area contributed by atoms with Crippen LogP contribution in [-0.2, 0) is 9.53 Å². The van der Waals surface area contributed by atoms with Crippen LogP contribution < -0.4 is 5.32 Å². The zero-order chi connectivity index (χ0) is 23.6. The first-order chi connectivity index (χ1) is 15.1. The van der Waals surface area contributed by atoms with Gasteiger partial charge in [0.2, 0.25) is 0 Å². The molecule has 1 amide bonds. The number of hydrogen-bond acceptors (Lipinski definition) is 4. The van der Waals surface area contributed by atoms with Crippen molar-refractivity contribution in [3.8, 4) is 16.9 Å². The number of ether oxygens (including phenoxy) is 1. The second-order valence-corrected chi connectivity index (χ2v) is 8.84. The first-order valence-corrected chi connectivity index (χ1v) is 11.0. The molecule has 0 fully saturated rings. The Balaban J connectivity index is 2.15. The summed E-state index contributed by atoms with van der Waals surface area (Å²) in [6, 6.07) is 11.4. The molecule has 0 unspecified atom stereocenters. The Bertz CT molecular complexity index is 1160. The van der Waals surface area contributed by atoms with E-state index in [2.05, 4.69) is 10.4 Å². The van der Waals surface area contributed by atoms with E-state index in [0.29, 0.717) is 32.0 Å². The van der Waals surface area contributed by atoms with Crippen molar-refractivity contribution in [3.05, 3.63) is 68.8 Å². The molecule has 0 aliphatic carbocycles. The predicted molar refractivity (Wildman–Crippen MR) is 127 cm³/mol. The van der Waals surface area contributed by atoms with Gasteiger partial charge in [-0.3, -0.25) is 4.79 Å². The van der Waals surface area contributed by atoms with Gasteiger partial charge in [-0.2, -0.15) is 5.10 Å². The van der Waals surface area contributed by atoms with E-state index in [0.717, 1.165) is 5.56 Å². The number of methoxy groups -OCH3 is 1. The maximum Gasteiger partial charge on any atom is 0.328 e. The SMILES string of the molecule is COC(=O)[C@@H](NC(=O)c1nn(-c2ccc(Cl)cc2Cl)c(-c2ccc(Cl)cc2)c1C)C(C)C. The van der Waals surface area contributed by atoms with Gasteiger partial charge in [0.15, 0.2) is 5.69 Å². The smallest absolute Gasteiger partial charge is 0.328 e. The molecule has 1 heterocycles. The maximum atomic E-state index is 13.2. The van der Waals surface area contributed by atoms with Gasteiger partial charge in [-0.25, -0.2) is 9.48 Å². The minimum absolute atomic E-state index is 0.163. The van der Waals surface area contributed by atoms with Gasteiger partial charge in [0.1, 0.15) is 6.04 Å². The highest BCUT2D eigenvalue weighted by molar-refractivity contribution is 6.35. The molecule has 0 spiro atoms. The van der Waals surface area contributed by atoms with Gasteiger partial charge < -0.3 is 10.1 Å². The van der Waals surface area contributed by atoms with Gasteiger partial charge in [0.05, 0.1) is 23.5 Å². The van der Waals surface area contributed by atoms with Crippen LogP contribution in [0.4, 0.5) is 0 Å². The quantitative estimate of drug-likeness (QED) is 0.444. The summed E-state index contributed by atoms with van der Waals surface area (Å²) >= 11 is 18.6. The van der Waals surface area contributed by atoms with Crippen LogP contribution in [0.1, 0.15) is 29.9 Å². The highest BCUT2D eigenvalue weighted by Gasteiger charge is 2.29. The molecule has 0 aliphatic rings. The second kappa shape index (κ2) is 9.94. The Morgan fingerprint density at radius 2 is 1.66 bits per heavy atom. The number of amides is 1. The average molecular weight is 495 g/mol. The van der Waals surface area contributed by atoms with E-state index in [-0.39, 0.29) is 11.6 Å². The number of hydrogen-bond donors (Lipinski definition) is 1. The fourth-order valence-corrected chi connectivity index (χ4v) is 3.93. The van der Waals surface area contributed by atoms with Gasteiger partial charge in [-0.15, -0.1) is 0 Å². The number of halogens is 3. The summed E-state index contributed by atoms with van der Waals surface area (Å²) in [5.41, 5.74) is 2.78. The summed E-state index contributed by atoms with van der Waals surface area (Å²) in [5.74, 6) is -1.19. The molecule has 1 N–H and O–H groups in total.